The van der Waals surface area contributed by atoms with E-state index in [1.54, 1.807) is 0 Å². The van der Waals surface area contributed by atoms with Gasteiger partial charge in [-0.1, -0.05) is 0 Å². The minimum Gasteiger partial charge on any atom is -0.356 e. The monoisotopic (exact) mass is 199 g/mol. The molecule has 0 aliphatic carbocycles. The van der Waals surface area contributed by atoms with Crippen molar-refractivity contribution in [1.82, 2.24) is 10.2 Å². The molecule has 0 aromatic carbocycles. The van der Waals surface area contributed by atoms with Gasteiger partial charge in [0.05, 0.1) is 5.92 Å². The third-order valence-corrected chi connectivity index (χ3v) is 2.66. The van der Waals surface area contributed by atoms with Crippen LogP contribution in [-0.4, -0.2) is 43.5 Å². The van der Waals surface area contributed by atoms with Crippen molar-refractivity contribution in [2.45, 2.75) is 25.8 Å². The van der Waals surface area contributed by atoms with Crippen LogP contribution in [0.3, 0.4) is 0 Å². The molecule has 0 radical (unpaired) electrons. The van der Waals surface area contributed by atoms with E-state index in [0.717, 1.165) is 25.9 Å². The van der Waals surface area contributed by atoms with Gasteiger partial charge in [0.1, 0.15) is 0 Å². The van der Waals surface area contributed by atoms with Crippen LogP contribution in [-0.2, 0) is 4.79 Å². The second kappa shape index (κ2) is 5.32. The average Bonchev–Trinajstić information content (AvgIpc) is 2.51. The maximum absolute atomic E-state index is 11.6. The summed E-state index contributed by atoms with van der Waals surface area (Å²) in [6, 6.07) is 0.168. The molecule has 3 N–H and O–H groups in total. The number of hydrogen-bond acceptors (Lipinski definition) is 3. The van der Waals surface area contributed by atoms with E-state index < -0.39 is 0 Å². The van der Waals surface area contributed by atoms with E-state index >= 15 is 0 Å². The normalized spacial score (nSPS) is 24.9. The standard InChI is InChI=1S/C10H21N3O/c1-8(11)3-5-12-10(14)9-4-6-13(2)7-9/h8-9H,3-7,11H2,1-2H3,(H,12,14). The number of rotatable bonds is 4. The Balaban J connectivity index is 2.15. The van der Waals surface area contributed by atoms with Gasteiger partial charge in [0, 0.05) is 19.1 Å². The Bertz CT molecular complexity index is 194. The molecular formula is C10H21N3O. The average molecular weight is 199 g/mol. The lowest BCUT2D eigenvalue weighted by Gasteiger charge is -2.12. The van der Waals surface area contributed by atoms with Gasteiger partial charge in [0.15, 0.2) is 0 Å². The summed E-state index contributed by atoms with van der Waals surface area (Å²) in [5, 5.41) is 2.93. The summed E-state index contributed by atoms with van der Waals surface area (Å²) < 4.78 is 0. The third-order valence-electron chi connectivity index (χ3n) is 2.66. The van der Waals surface area contributed by atoms with Crippen molar-refractivity contribution >= 4 is 5.91 Å². The van der Waals surface area contributed by atoms with Crippen molar-refractivity contribution in [2.75, 3.05) is 26.7 Å². The molecule has 1 saturated heterocycles. The predicted octanol–water partition coefficient (Wildman–Crippen LogP) is -0.208. The highest BCUT2D eigenvalue weighted by atomic mass is 16.1. The van der Waals surface area contributed by atoms with Crippen LogP contribution in [0.1, 0.15) is 19.8 Å². The zero-order valence-corrected chi connectivity index (χ0v) is 9.12. The van der Waals surface area contributed by atoms with Crippen molar-refractivity contribution in [2.24, 2.45) is 11.7 Å². The first-order valence-corrected chi connectivity index (χ1v) is 5.31. The van der Waals surface area contributed by atoms with Gasteiger partial charge in [0.25, 0.3) is 0 Å². The minimum atomic E-state index is 0.168. The summed E-state index contributed by atoms with van der Waals surface area (Å²) in [4.78, 5) is 13.8. The number of hydrogen-bond donors (Lipinski definition) is 2. The number of carbonyl (C=O) groups is 1. The molecule has 0 aromatic heterocycles. The van der Waals surface area contributed by atoms with E-state index in [0.29, 0.717) is 6.54 Å². The topological polar surface area (TPSA) is 58.4 Å². The Kier molecular flexibility index (Phi) is 4.35. The minimum absolute atomic E-state index is 0.168. The molecule has 0 spiro atoms. The van der Waals surface area contributed by atoms with Crippen molar-refractivity contribution in [1.29, 1.82) is 0 Å². The van der Waals surface area contributed by atoms with Crippen LogP contribution in [0, 0.1) is 5.92 Å². The number of likely N-dealkylation sites (tertiary alicyclic amines) is 1. The van der Waals surface area contributed by atoms with Crippen LogP contribution in [0.2, 0.25) is 0 Å². The predicted molar refractivity (Wildman–Crippen MR) is 56.9 cm³/mol. The summed E-state index contributed by atoms with van der Waals surface area (Å²) in [5.74, 6) is 0.378. The molecule has 0 bridgehead atoms. The van der Waals surface area contributed by atoms with Crippen molar-refractivity contribution in [3.05, 3.63) is 0 Å². The number of amides is 1. The molecule has 1 heterocycles. The first kappa shape index (κ1) is 11.5. The van der Waals surface area contributed by atoms with Crippen LogP contribution in [0.25, 0.3) is 0 Å². The van der Waals surface area contributed by atoms with Crippen LogP contribution < -0.4 is 11.1 Å². The maximum Gasteiger partial charge on any atom is 0.224 e. The Labute approximate surface area is 85.8 Å². The lowest BCUT2D eigenvalue weighted by molar-refractivity contribution is -0.124. The Morgan fingerprint density at radius 1 is 1.71 bits per heavy atom. The highest BCUT2D eigenvalue weighted by Gasteiger charge is 2.25. The van der Waals surface area contributed by atoms with E-state index in [9.17, 15) is 4.79 Å². The number of nitrogens with one attached hydrogen (secondary N) is 1. The summed E-state index contributed by atoms with van der Waals surface area (Å²) in [5.41, 5.74) is 5.59. The third kappa shape index (κ3) is 3.64. The fraction of sp³-hybridized carbons (Fsp3) is 0.900. The molecule has 0 saturated carbocycles. The molecule has 0 aromatic rings. The quantitative estimate of drug-likeness (QED) is 0.659. The van der Waals surface area contributed by atoms with Gasteiger partial charge in [-0.2, -0.15) is 0 Å². The smallest absolute Gasteiger partial charge is 0.224 e. The number of nitrogens with zero attached hydrogens (tertiary/aromatic N) is 1. The molecule has 1 fully saturated rings. The second-order valence-electron chi connectivity index (χ2n) is 4.30. The molecule has 2 unspecified atom stereocenters. The van der Waals surface area contributed by atoms with Crippen LogP contribution in [0.15, 0.2) is 0 Å². The lowest BCUT2D eigenvalue weighted by Crippen LogP contribution is -2.34. The molecular weight excluding hydrogens is 178 g/mol. The Morgan fingerprint density at radius 3 is 2.93 bits per heavy atom. The fourth-order valence-electron chi connectivity index (χ4n) is 1.72. The van der Waals surface area contributed by atoms with Gasteiger partial charge in [-0.05, 0) is 33.4 Å². The summed E-state index contributed by atoms with van der Waals surface area (Å²) >= 11 is 0. The van der Waals surface area contributed by atoms with Crippen molar-refractivity contribution < 1.29 is 4.79 Å². The van der Waals surface area contributed by atoms with E-state index in [2.05, 4.69) is 17.3 Å². The molecule has 14 heavy (non-hydrogen) atoms. The SMILES string of the molecule is CC(N)CCNC(=O)C1CCN(C)C1. The fourth-order valence-corrected chi connectivity index (χ4v) is 1.72. The van der Waals surface area contributed by atoms with Gasteiger partial charge >= 0.3 is 0 Å². The number of nitrogens with two attached hydrogens (primary N) is 1. The Hall–Kier alpha value is -0.610. The van der Waals surface area contributed by atoms with E-state index in [-0.39, 0.29) is 17.9 Å². The second-order valence-corrected chi connectivity index (χ2v) is 4.30. The van der Waals surface area contributed by atoms with Gasteiger partial charge in [-0.25, -0.2) is 0 Å². The van der Waals surface area contributed by atoms with Gasteiger partial charge in [-0.15, -0.1) is 0 Å². The molecule has 82 valence electrons. The Morgan fingerprint density at radius 2 is 2.43 bits per heavy atom. The van der Waals surface area contributed by atoms with E-state index in [1.165, 1.54) is 0 Å². The number of carbonyl (C=O) groups excluding carboxylic acids is 1. The van der Waals surface area contributed by atoms with E-state index in [4.69, 9.17) is 5.73 Å². The van der Waals surface area contributed by atoms with E-state index in [1.807, 2.05) is 6.92 Å². The van der Waals surface area contributed by atoms with Gasteiger partial charge < -0.3 is 16.0 Å². The molecule has 4 nitrogen and oxygen atoms in total. The molecule has 1 amide bonds. The molecule has 4 heteroatoms. The molecule has 1 rings (SSSR count). The van der Waals surface area contributed by atoms with Gasteiger partial charge in [-0.3, -0.25) is 4.79 Å². The summed E-state index contributed by atoms with van der Waals surface area (Å²) in [7, 11) is 2.05. The summed E-state index contributed by atoms with van der Waals surface area (Å²) in [6.07, 6.45) is 1.84. The van der Waals surface area contributed by atoms with Gasteiger partial charge in [0.2, 0.25) is 5.91 Å². The summed E-state index contributed by atoms with van der Waals surface area (Å²) in [6.45, 7) is 4.58. The molecule has 2 atom stereocenters. The van der Waals surface area contributed by atoms with Crippen molar-refractivity contribution in [3.8, 4) is 0 Å². The lowest BCUT2D eigenvalue weighted by atomic mass is 10.1. The van der Waals surface area contributed by atoms with Crippen LogP contribution >= 0.6 is 0 Å². The zero-order chi connectivity index (χ0) is 10.6. The molecule has 1 aliphatic heterocycles. The van der Waals surface area contributed by atoms with Crippen LogP contribution in [0.4, 0.5) is 0 Å². The molecule has 1 aliphatic rings. The van der Waals surface area contributed by atoms with Crippen molar-refractivity contribution in [3.63, 3.8) is 0 Å². The maximum atomic E-state index is 11.6. The zero-order valence-electron chi connectivity index (χ0n) is 9.12. The highest BCUT2D eigenvalue weighted by Crippen LogP contribution is 2.13. The highest BCUT2D eigenvalue weighted by molar-refractivity contribution is 5.79. The first-order chi connectivity index (χ1) is 6.59. The van der Waals surface area contributed by atoms with Crippen LogP contribution in [0.5, 0.6) is 0 Å². The first-order valence-electron chi connectivity index (χ1n) is 5.31. The largest absolute Gasteiger partial charge is 0.356 e.